The lowest BCUT2D eigenvalue weighted by Crippen LogP contribution is -2.26. The van der Waals surface area contributed by atoms with Gasteiger partial charge in [-0.2, -0.15) is 5.10 Å². The first kappa shape index (κ1) is 17.2. The average molecular weight is 400 g/mol. The van der Waals surface area contributed by atoms with E-state index in [1.807, 2.05) is 54.6 Å². The molecular formula is C19H18BrN3O2. The van der Waals surface area contributed by atoms with Crippen LogP contribution in [0.25, 0.3) is 0 Å². The molecular weight excluding hydrogens is 382 g/mol. The zero-order chi connectivity index (χ0) is 17.6. The largest absolute Gasteiger partial charge is 0.497 e. The lowest BCUT2D eigenvalue weighted by molar-refractivity contribution is 0.0940. The minimum absolute atomic E-state index is 0.157. The summed E-state index contributed by atoms with van der Waals surface area (Å²) in [5, 5.41) is 7.30. The summed E-state index contributed by atoms with van der Waals surface area (Å²) >= 11 is 3.35. The fourth-order valence-electron chi connectivity index (χ4n) is 2.46. The summed E-state index contributed by atoms with van der Waals surface area (Å²) in [6.45, 7) is 0.981. The van der Waals surface area contributed by atoms with Crippen LogP contribution in [-0.4, -0.2) is 22.8 Å². The van der Waals surface area contributed by atoms with Crippen LogP contribution < -0.4 is 10.1 Å². The van der Waals surface area contributed by atoms with Crippen molar-refractivity contribution in [3.05, 3.63) is 82.1 Å². The van der Waals surface area contributed by atoms with Gasteiger partial charge in [-0.3, -0.25) is 9.48 Å². The highest BCUT2D eigenvalue weighted by molar-refractivity contribution is 9.10. The normalized spacial score (nSPS) is 10.5. The maximum absolute atomic E-state index is 12.5. The van der Waals surface area contributed by atoms with E-state index < -0.39 is 0 Å². The van der Waals surface area contributed by atoms with Crippen molar-refractivity contribution in [3.63, 3.8) is 0 Å². The fourth-order valence-corrected chi connectivity index (χ4v) is 2.87. The van der Waals surface area contributed by atoms with Crippen LogP contribution in [0.15, 0.2) is 65.3 Å². The number of aromatic nitrogens is 2. The molecule has 1 aromatic heterocycles. The molecule has 6 heteroatoms. The molecule has 1 amide bonds. The third-order valence-corrected chi connectivity index (χ3v) is 4.16. The quantitative estimate of drug-likeness (QED) is 0.688. The first-order valence-electron chi connectivity index (χ1n) is 7.84. The standard InChI is InChI=1S/C19H18BrN3O2/c1-25-16-9-7-15(8-10-16)13-23-17(11-18(20)22-23)19(24)21-12-14-5-3-2-4-6-14/h2-11H,12-13H2,1H3,(H,21,24). The first-order valence-corrected chi connectivity index (χ1v) is 8.63. The average Bonchev–Trinajstić information content (AvgIpc) is 3.01. The lowest BCUT2D eigenvalue weighted by atomic mass is 10.2. The van der Waals surface area contributed by atoms with Gasteiger partial charge < -0.3 is 10.1 Å². The molecule has 25 heavy (non-hydrogen) atoms. The molecule has 128 valence electrons. The van der Waals surface area contributed by atoms with E-state index in [0.717, 1.165) is 16.9 Å². The van der Waals surface area contributed by atoms with E-state index in [-0.39, 0.29) is 5.91 Å². The van der Waals surface area contributed by atoms with Gasteiger partial charge in [0.1, 0.15) is 16.0 Å². The molecule has 0 bridgehead atoms. The molecule has 0 fully saturated rings. The van der Waals surface area contributed by atoms with Crippen LogP contribution in [0.4, 0.5) is 0 Å². The first-order chi connectivity index (χ1) is 12.2. The molecule has 0 unspecified atom stereocenters. The Morgan fingerprint density at radius 2 is 1.84 bits per heavy atom. The Kier molecular flexibility index (Phi) is 5.50. The van der Waals surface area contributed by atoms with Crippen molar-refractivity contribution in [2.24, 2.45) is 0 Å². The second kappa shape index (κ2) is 7.98. The van der Waals surface area contributed by atoms with Crippen molar-refractivity contribution >= 4 is 21.8 Å². The smallest absolute Gasteiger partial charge is 0.269 e. The maximum Gasteiger partial charge on any atom is 0.269 e. The Bertz CT molecular complexity index is 845. The van der Waals surface area contributed by atoms with Crippen molar-refractivity contribution in [1.82, 2.24) is 15.1 Å². The number of hydrogen-bond acceptors (Lipinski definition) is 3. The van der Waals surface area contributed by atoms with Gasteiger partial charge in [-0.1, -0.05) is 42.5 Å². The van der Waals surface area contributed by atoms with Crippen molar-refractivity contribution < 1.29 is 9.53 Å². The number of nitrogens with one attached hydrogen (secondary N) is 1. The van der Waals surface area contributed by atoms with Gasteiger partial charge in [0.25, 0.3) is 5.91 Å². The highest BCUT2D eigenvalue weighted by Gasteiger charge is 2.14. The number of benzene rings is 2. The molecule has 0 spiro atoms. The van der Waals surface area contributed by atoms with Crippen LogP contribution in [0.1, 0.15) is 21.6 Å². The van der Waals surface area contributed by atoms with Gasteiger partial charge in [-0.05, 0) is 39.2 Å². The lowest BCUT2D eigenvalue weighted by Gasteiger charge is -2.09. The molecule has 0 saturated heterocycles. The van der Waals surface area contributed by atoms with Gasteiger partial charge in [0, 0.05) is 12.6 Å². The van der Waals surface area contributed by atoms with E-state index in [9.17, 15) is 4.79 Å². The third-order valence-electron chi connectivity index (χ3n) is 3.77. The van der Waals surface area contributed by atoms with E-state index in [2.05, 4.69) is 26.3 Å². The van der Waals surface area contributed by atoms with E-state index in [4.69, 9.17) is 4.74 Å². The molecule has 2 aromatic carbocycles. The zero-order valence-electron chi connectivity index (χ0n) is 13.8. The van der Waals surface area contributed by atoms with Gasteiger partial charge >= 0.3 is 0 Å². The number of halogens is 1. The topological polar surface area (TPSA) is 56.2 Å². The number of nitrogens with zero attached hydrogens (tertiary/aromatic N) is 2. The highest BCUT2D eigenvalue weighted by atomic mass is 79.9. The van der Waals surface area contributed by atoms with Gasteiger partial charge in [0.15, 0.2) is 0 Å². The second-order valence-electron chi connectivity index (χ2n) is 5.53. The summed E-state index contributed by atoms with van der Waals surface area (Å²) in [5.74, 6) is 0.641. The maximum atomic E-state index is 12.5. The van der Waals surface area contributed by atoms with Crippen LogP contribution in [0.2, 0.25) is 0 Å². The monoisotopic (exact) mass is 399 g/mol. The van der Waals surface area contributed by atoms with E-state index in [1.165, 1.54) is 0 Å². The van der Waals surface area contributed by atoms with Gasteiger partial charge in [-0.25, -0.2) is 0 Å². The fraction of sp³-hybridized carbons (Fsp3) is 0.158. The Balaban J connectivity index is 1.72. The van der Waals surface area contributed by atoms with Crippen molar-refractivity contribution in [2.75, 3.05) is 7.11 Å². The Morgan fingerprint density at radius 1 is 1.12 bits per heavy atom. The number of rotatable bonds is 6. The number of amides is 1. The van der Waals surface area contributed by atoms with Crippen molar-refractivity contribution in [2.45, 2.75) is 13.1 Å². The Hall–Kier alpha value is -2.60. The predicted molar refractivity (Wildman–Crippen MR) is 99.6 cm³/mol. The summed E-state index contributed by atoms with van der Waals surface area (Å²) in [4.78, 5) is 12.5. The van der Waals surface area contributed by atoms with Crippen molar-refractivity contribution in [3.8, 4) is 5.75 Å². The van der Waals surface area contributed by atoms with Crippen LogP contribution in [0.3, 0.4) is 0 Å². The van der Waals surface area contributed by atoms with Gasteiger partial charge in [0.2, 0.25) is 0 Å². The summed E-state index contributed by atoms with van der Waals surface area (Å²) in [6, 6.07) is 19.2. The number of carbonyl (C=O) groups excluding carboxylic acids is 1. The second-order valence-corrected chi connectivity index (χ2v) is 6.34. The number of hydrogen-bond donors (Lipinski definition) is 1. The van der Waals surface area contributed by atoms with E-state index in [0.29, 0.717) is 23.4 Å². The summed E-state index contributed by atoms with van der Waals surface area (Å²) in [7, 11) is 1.63. The zero-order valence-corrected chi connectivity index (χ0v) is 15.4. The summed E-state index contributed by atoms with van der Waals surface area (Å²) in [6.07, 6.45) is 0. The molecule has 0 atom stereocenters. The predicted octanol–water partition coefficient (Wildman–Crippen LogP) is 3.63. The van der Waals surface area contributed by atoms with Crippen LogP contribution in [-0.2, 0) is 13.1 Å². The highest BCUT2D eigenvalue weighted by Crippen LogP contribution is 2.16. The van der Waals surface area contributed by atoms with Gasteiger partial charge in [0.05, 0.1) is 13.7 Å². The Labute approximate surface area is 154 Å². The Morgan fingerprint density at radius 3 is 2.52 bits per heavy atom. The minimum Gasteiger partial charge on any atom is -0.497 e. The summed E-state index contributed by atoms with van der Waals surface area (Å²) in [5.41, 5.74) is 2.60. The molecule has 5 nitrogen and oxygen atoms in total. The molecule has 3 rings (SSSR count). The molecule has 0 radical (unpaired) electrons. The molecule has 1 N–H and O–H groups in total. The number of methoxy groups -OCH3 is 1. The molecule has 0 aliphatic rings. The molecule has 1 heterocycles. The third kappa shape index (κ3) is 4.48. The minimum atomic E-state index is -0.157. The summed E-state index contributed by atoms with van der Waals surface area (Å²) < 4.78 is 7.48. The van der Waals surface area contributed by atoms with Crippen LogP contribution in [0.5, 0.6) is 5.75 Å². The molecule has 3 aromatic rings. The molecule has 0 saturated carbocycles. The number of carbonyl (C=O) groups is 1. The number of ether oxygens (including phenoxy) is 1. The van der Waals surface area contributed by atoms with Crippen LogP contribution in [0, 0.1) is 0 Å². The van der Waals surface area contributed by atoms with E-state index in [1.54, 1.807) is 17.9 Å². The van der Waals surface area contributed by atoms with Crippen molar-refractivity contribution in [1.29, 1.82) is 0 Å². The van der Waals surface area contributed by atoms with Crippen LogP contribution >= 0.6 is 15.9 Å². The molecule has 0 aliphatic heterocycles. The van der Waals surface area contributed by atoms with E-state index >= 15 is 0 Å². The molecule has 0 aliphatic carbocycles. The SMILES string of the molecule is COc1ccc(Cn2nc(Br)cc2C(=O)NCc2ccccc2)cc1. The van der Waals surface area contributed by atoms with Gasteiger partial charge in [-0.15, -0.1) is 0 Å².